The van der Waals surface area contributed by atoms with Gasteiger partial charge in [-0.25, -0.2) is 14.2 Å². The van der Waals surface area contributed by atoms with Crippen LogP contribution in [-0.4, -0.2) is 28.6 Å². The number of hydrogen-bond acceptors (Lipinski definition) is 4. The molecule has 0 aliphatic rings. The van der Waals surface area contributed by atoms with Crippen LogP contribution in [-0.2, 0) is 11.2 Å². The van der Waals surface area contributed by atoms with Gasteiger partial charge in [-0.05, 0) is 24.1 Å². The molecule has 1 heterocycles. The molecular formula is C15H16FN3O3S. The van der Waals surface area contributed by atoms with Gasteiger partial charge in [-0.1, -0.05) is 12.1 Å². The highest BCUT2D eigenvalue weighted by Gasteiger charge is 2.08. The molecule has 0 saturated carbocycles. The summed E-state index contributed by atoms with van der Waals surface area (Å²) in [6.45, 7) is 1.75. The number of nitrogens with zero attached hydrogens (tertiary/aromatic N) is 1. The van der Waals surface area contributed by atoms with Crippen LogP contribution >= 0.6 is 11.3 Å². The Morgan fingerprint density at radius 3 is 2.87 bits per heavy atom. The van der Waals surface area contributed by atoms with E-state index in [2.05, 4.69) is 15.6 Å². The molecule has 1 aromatic heterocycles. The second kappa shape index (κ2) is 7.68. The molecule has 8 heteroatoms. The van der Waals surface area contributed by atoms with Crippen LogP contribution in [0.25, 0.3) is 0 Å². The normalized spacial score (nSPS) is 10.3. The van der Waals surface area contributed by atoms with Crippen molar-refractivity contribution in [2.75, 3.05) is 11.9 Å². The van der Waals surface area contributed by atoms with Crippen molar-refractivity contribution in [2.24, 2.45) is 0 Å². The Kier molecular flexibility index (Phi) is 5.64. The Morgan fingerprint density at radius 2 is 2.17 bits per heavy atom. The molecule has 0 fully saturated rings. The number of carboxylic acid groups (broad SMARTS) is 1. The number of anilines is 1. The molecule has 1 aromatic carbocycles. The topological polar surface area (TPSA) is 91.3 Å². The number of aromatic nitrogens is 1. The first-order valence-corrected chi connectivity index (χ1v) is 7.72. The van der Waals surface area contributed by atoms with Crippen LogP contribution in [0.5, 0.6) is 0 Å². The number of carboxylic acids is 1. The van der Waals surface area contributed by atoms with E-state index in [0.29, 0.717) is 17.1 Å². The van der Waals surface area contributed by atoms with Crippen LogP contribution in [0.1, 0.15) is 22.4 Å². The zero-order valence-electron chi connectivity index (χ0n) is 12.4. The monoisotopic (exact) mass is 337 g/mol. The van der Waals surface area contributed by atoms with E-state index in [1.54, 1.807) is 19.2 Å². The van der Waals surface area contributed by atoms with Gasteiger partial charge in [0.2, 0.25) is 0 Å². The fourth-order valence-corrected chi connectivity index (χ4v) is 2.66. The van der Waals surface area contributed by atoms with E-state index in [4.69, 9.17) is 5.11 Å². The molecule has 23 heavy (non-hydrogen) atoms. The third-order valence-electron chi connectivity index (χ3n) is 3.01. The first-order chi connectivity index (χ1) is 10.9. The molecule has 0 radical (unpaired) electrons. The SMILES string of the molecule is Cc1ccc(Cc2cnc(NC(=O)NCCC(=O)O)s2)cc1F. The highest BCUT2D eigenvalue weighted by molar-refractivity contribution is 7.15. The van der Waals surface area contributed by atoms with Crippen LogP contribution in [0.3, 0.4) is 0 Å². The zero-order valence-corrected chi connectivity index (χ0v) is 13.2. The fraction of sp³-hybridized carbons (Fsp3) is 0.267. The highest BCUT2D eigenvalue weighted by atomic mass is 32.1. The number of carbonyl (C=O) groups is 2. The summed E-state index contributed by atoms with van der Waals surface area (Å²) in [6, 6.07) is 4.55. The molecule has 0 spiro atoms. The van der Waals surface area contributed by atoms with Crippen LogP contribution in [0, 0.1) is 12.7 Å². The van der Waals surface area contributed by atoms with Crippen molar-refractivity contribution in [1.29, 1.82) is 0 Å². The maximum absolute atomic E-state index is 13.5. The van der Waals surface area contributed by atoms with Crippen molar-refractivity contribution in [3.8, 4) is 0 Å². The number of thiazole rings is 1. The van der Waals surface area contributed by atoms with Crippen molar-refractivity contribution < 1.29 is 19.1 Å². The summed E-state index contributed by atoms with van der Waals surface area (Å²) in [5.41, 5.74) is 1.42. The summed E-state index contributed by atoms with van der Waals surface area (Å²) >= 11 is 1.28. The molecule has 6 nitrogen and oxygen atoms in total. The van der Waals surface area contributed by atoms with Crippen LogP contribution in [0.15, 0.2) is 24.4 Å². The molecule has 2 amide bonds. The summed E-state index contributed by atoms with van der Waals surface area (Å²) in [6.07, 6.45) is 2.00. The number of rotatable bonds is 6. The van der Waals surface area contributed by atoms with Gasteiger partial charge in [0.15, 0.2) is 5.13 Å². The van der Waals surface area contributed by atoms with Gasteiger partial charge < -0.3 is 10.4 Å². The standard InChI is InChI=1S/C15H16FN3O3S/c1-9-2-3-10(7-12(9)16)6-11-8-18-15(23-11)19-14(22)17-5-4-13(20)21/h2-3,7-8H,4-6H2,1H3,(H,20,21)(H2,17,18,19,22). The number of nitrogens with one attached hydrogen (secondary N) is 2. The molecule has 2 rings (SSSR count). The highest BCUT2D eigenvalue weighted by Crippen LogP contribution is 2.22. The van der Waals surface area contributed by atoms with Crippen LogP contribution in [0.4, 0.5) is 14.3 Å². The smallest absolute Gasteiger partial charge is 0.321 e. The Bertz CT molecular complexity index is 718. The minimum Gasteiger partial charge on any atom is -0.481 e. The third-order valence-corrected chi connectivity index (χ3v) is 3.93. The quantitative estimate of drug-likeness (QED) is 0.756. The summed E-state index contributed by atoms with van der Waals surface area (Å²) in [5, 5.41) is 13.8. The van der Waals surface area contributed by atoms with Gasteiger partial charge in [-0.15, -0.1) is 11.3 Å². The molecule has 0 unspecified atom stereocenters. The van der Waals surface area contributed by atoms with Gasteiger partial charge in [-0.2, -0.15) is 0 Å². The molecule has 2 aromatic rings. The van der Waals surface area contributed by atoms with Gasteiger partial charge in [0, 0.05) is 24.0 Å². The largest absolute Gasteiger partial charge is 0.481 e. The van der Waals surface area contributed by atoms with E-state index in [1.165, 1.54) is 17.4 Å². The second-order valence-electron chi connectivity index (χ2n) is 4.92. The molecule has 0 atom stereocenters. The zero-order chi connectivity index (χ0) is 16.8. The lowest BCUT2D eigenvalue weighted by atomic mass is 10.1. The van der Waals surface area contributed by atoms with E-state index in [1.807, 2.05) is 6.07 Å². The average Bonchev–Trinajstić information content (AvgIpc) is 2.89. The van der Waals surface area contributed by atoms with Crippen molar-refractivity contribution in [2.45, 2.75) is 19.8 Å². The van der Waals surface area contributed by atoms with E-state index >= 15 is 0 Å². The van der Waals surface area contributed by atoms with Gasteiger partial charge >= 0.3 is 12.0 Å². The Hall–Kier alpha value is -2.48. The van der Waals surface area contributed by atoms with Crippen LogP contribution in [0.2, 0.25) is 0 Å². The summed E-state index contributed by atoms with van der Waals surface area (Å²) in [4.78, 5) is 26.9. The maximum atomic E-state index is 13.5. The fourth-order valence-electron chi connectivity index (χ4n) is 1.82. The number of carbonyl (C=O) groups excluding carboxylic acids is 1. The number of halogens is 1. The van der Waals surface area contributed by atoms with Crippen molar-refractivity contribution in [3.05, 3.63) is 46.2 Å². The van der Waals surface area contributed by atoms with E-state index in [0.717, 1.165) is 10.4 Å². The van der Waals surface area contributed by atoms with Gasteiger partial charge in [0.1, 0.15) is 5.82 Å². The number of amides is 2. The lowest BCUT2D eigenvalue weighted by Gasteiger charge is -2.03. The van der Waals surface area contributed by atoms with Gasteiger partial charge in [0.05, 0.1) is 6.42 Å². The second-order valence-corrected chi connectivity index (χ2v) is 6.03. The lowest BCUT2D eigenvalue weighted by molar-refractivity contribution is -0.136. The summed E-state index contributed by atoms with van der Waals surface area (Å²) < 4.78 is 13.5. The van der Waals surface area contributed by atoms with Crippen molar-refractivity contribution in [1.82, 2.24) is 10.3 Å². The number of urea groups is 1. The number of benzene rings is 1. The molecule has 0 bridgehead atoms. The van der Waals surface area contributed by atoms with Gasteiger partial charge in [0.25, 0.3) is 0 Å². The summed E-state index contributed by atoms with van der Waals surface area (Å²) in [5.74, 6) is -1.23. The predicted molar refractivity (Wildman–Crippen MR) is 85.3 cm³/mol. The molecular weight excluding hydrogens is 321 g/mol. The first-order valence-electron chi connectivity index (χ1n) is 6.90. The summed E-state index contributed by atoms with van der Waals surface area (Å²) in [7, 11) is 0. The van der Waals surface area contributed by atoms with Crippen molar-refractivity contribution >= 4 is 28.5 Å². The Balaban J connectivity index is 1.88. The van der Waals surface area contributed by atoms with E-state index in [9.17, 15) is 14.0 Å². The lowest BCUT2D eigenvalue weighted by Crippen LogP contribution is -2.30. The molecule has 0 aliphatic heterocycles. The van der Waals surface area contributed by atoms with Crippen molar-refractivity contribution in [3.63, 3.8) is 0 Å². The third kappa shape index (κ3) is 5.33. The minimum atomic E-state index is -0.979. The average molecular weight is 337 g/mol. The van der Waals surface area contributed by atoms with Crippen LogP contribution < -0.4 is 10.6 Å². The Labute approximate surface area is 136 Å². The molecule has 0 aliphatic carbocycles. The maximum Gasteiger partial charge on any atom is 0.321 e. The predicted octanol–water partition coefficient (Wildman–Crippen LogP) is 2.78. The minimum absolute atomic E-state index is 0.0437. The number of hydrogen-bond donors (Lipinski definition) is 3. The van der Waals surface area contributed by atoms with E-state index < -0.39 is 12.0 Å². The number of aryl methyl sites for hydroxylation is 1. The Morgan fingerprint density at radius 1 is 1.39 bits per heavy atom. The molecule has 3 N–H and O–H groups in total. The van der Waals surface area contributed by atoms with Gasteiger partial charge in [-0.3, -0.25) is 10.1 Å². The molecule has 122 valence electrons. The first kappa shape index (κ1) is 16.9. The van der Waals surface area contributed by atoms with E-state index in [-0.39, 0.29) is 18.8 Å². The number of aliphatic carboxylic acids is 1. The molecule has 0 saturated heterocycles.